The van der Waals surface area contributed by atoms with E-state index in [0.29, 0.717) is 5.92 Å². The average molecular weight is 587 g/mol. The molecule has 4 nitrogen and oxygen atoms in total. The molecule has 1 aromatic carbocycles. The van der Waals surface area contributed by atoms with Gasteiger partial charge in [-0.3, -0.25) is 0 Å². The highest BCUT2D eigenvalue weighted by Crippen LogP contribution is 2.35. The first kappa shape index (κ1) is 34.3. The molecule has 0 N–H and O–H groups in total. The van der Waals surface area contributed by atoms with Crippen LogP contribution in [0.5, 0.6) is 11.5 Å². The number of ether oxygens (including phenoxy) is 2. The van der Waals surface area contributed by atoms with Gasteiger partial charge in [-0.05, 0) is 58.1 Å². The van der Waals surface area contributed by atoms with Crippen LogP contribution < -0.4 is 9.47 Å². The molecule has 0 spiro atoms. The summed E-state index contributed by atoms with van der Waals surface area (Å²) in [6, 6.07) is 4.30. The SMILES string of the molecule is CCN(CC)C(=S)SCc1cc(OCCC(C)CCCC(C)C)c(CSC(=S)N(CC)CC)cc1OC. The van der Waals surface area contributed by atoms with Gasteiger partial charge in [-0.1, -0.05) is 88.0 Å². The second kappa shape index (κ2) is 19.4. The van der Waals surface area contributed by atoms with Crippen LogP contribution in [0, 0.1) is 11.8 Å². The molecule has 0 radical (unpaired) electrons. The lowest BCUT2D eigenvalue weighted by Gasteiger charge is -2.23. The zero-order valence-electron chi connectivity index (χ0n) is 24.4. The zero-order valence-corrected chi connectivity index (χ0v) is 27.7. The van der Waals surface area contributed by atoms with Crippen LogP contribution in [0.2, 0.25) is 0 Å². The first-order chi connectivity index (χ1) is 17.7. The fourth-order valence-electron chi connectivity index (χ4n) is 4.01. The number of hydrogen-bond acceptors (Lipinski definition) is 6. The van der Waals surface area contributed by atoms with Gasteiger partial charge in [-0.25, -0.2) is 0 Å². The molecule has 0 aromatic heterocycles. The molecular weight excluding hydrogens is 537 g/mol. The number of nitrogens with zero attached hydrogens (tertiary/aromatic N) is 2. The molecule has 1 unspecified atom stereocenters. The van der Waals surface area contributed by atoms with E-state index in [1.54, 1.807) is 30.6 Å². The van der Waals surface area contributed by atoms with E-state index in [9.17, 15) is 0 Å². The summed E-state index contributed by atoms with van der Waals surface area (Å²) in [5.74, 6) is 4.77. The maximum atomic E-state index is 6.44. The molecule has 1 atom stereocenters. The number of methoxy groups -OCH3 is 1. The Morgan fingerprint density at radius 2 is 1.27 bits per heavy atom. The number of thioether (sulfide) groups is 2. The number of benzene rings is 1. The topological polar surface area (TPSA) is 24.9 Å². The summed E-state index contributed by atoms with van der Waals surface area (Å²) in [7, 11) is 1.74. The van der Waals surface area contributed by atoms with Gasteiger partial charge in [-0.2, -0.15) is 0 Å². The number of hydrogen-bond donors (Lipinski definition) is 0. The second-order valence-corrected chi connectivity index (χ2v) is 13.0. The maximum absolute atomic E-state index is 6.44. The van der Waals surface area contributed by atoms with Gasteiger partial charge in [0.05, 0.1) is 13.7 Å². The minimum atomic E-state index is 0.659. The highest BCUT2D eigenvalue weighted by molar-refractivity contribution is 8.22. The average Bonchev–Trinajstić information content (AvgIpc) is 2.87. The van der Waals surface area contributed by atoms with E-state index in [1.165, 1.54) is 19.3 Å². The molecule has 0 aliphatic heterocycles. The molecule has 0 bridgehead atoms. The van der Waals surface area contributed by atoms with Crippen molar-refractivity contribution in [3.63, 3.8) is 0 Å². The number of rotatable bonds is 17. The Hall–Kier alpha value is -0.700. The van der Waals surface area contributed by atoms with Gasteiger partial charge in [0.25, 0.3) is 0 Å². The lowest BCUT2D eigenvalue weighted by atomic mass is 9.98. The maximum Gasteiger partial charge on any atom is 0.136 e. The first-order valence-electron chi connectivity index (χ1n) is 13.9. The lowest BCUT2D eigenvalue weighted by Crippen LogP contribution is -2.26. The van der Waals surface area contributed by atoms with Crippen molar-refractivity contribution in [3.8, 4) is 11.5 Å². The Kier molecular flexibility index (Phi) is 18.0. The fourth-order valence-corrected chi connectivity index (χ4v) is 6.77. The van der Waals surface area contributed by atoms with Crippen LogP contribution in [-0.4, -0.2) is 58.3 Å². The van der Waals surface area contributed by atoms with E-state index < -0.39 is 0 Å². The van der Waals surface area contributed by atoms with Gasteiger partial charge < -0.3 is 19.3 Å². The van der Waals surface area contributed by atoms with E-state index in [0.717, 1.165) is 87.9 Å². The van der Waals surface area contributed by atoms with Crippen LogP contribution in [-0.2, 0) is 11.5 Å². The monoisotopic (exact) mass is 586 g/mol. The van der Waals surface area contributed by atoms with E-state index in [-0.39, 0.29) is 0 Å². The Labute approximate surface area is 247 Å². The lowest BCUT2D eigenvalue weighted by molar-refractivity contribution is 0.273. The molecule has 1 aromatic rings. The molecule has 0 fully saturated rings. The minimum Gasteiger partial charge on any atom is -0.496 e. The largest absolute Gasteiger partial charge is 0.496 e. The molecule has 0 aliphatic carbocycles. The highest BCUT2D eigenvalue weighted by atomic mass is 32.2. The predicted octanol–water partition coefficient (Wildman–Crippen LogP) is 8.65. The summed E-state index contributed by atoms with van der Waals surface area (Å²) < 4.78 is 14.1. The van der Waals surface area contributed by atoms with Crippen LogP contribution in [0.15, 0.2) is 12.1 Å². The summed E-state index contributed by atoms with van der Waals surface area (Å²) in [6.07, 6.45) is 4.91. The van der Waals surface area contributed by atoms with E-state index in [1.807, 2.05) is 0 Å². The minimum absolute atomic E-state index is 0.659. The summed E-state index contributed by atoms with van der Waals surface area (Å²) in [5.41, 5.74) is 2.24. The van der Waals surface area contributed by atoms with Gasteiger partial charge in [0, 0.05) is 48.8 Å². The van der Waals surface area contributed by atoms with Gasteiger partial charge in [0.1, 0.15) is 20.1 Å². The van der Waals surface area contributed by atoms with Gasteiger partial charge in [0.2, 0.25) is 0 Å². The quantitative estimate of drug-likeness (QED) is 0.167. The normalized spacial score (nSPS) is 11.9. The molecule has 212 valence electrons. The molecule has 1 rings (SSSR count). The van der Waals surface area contributed by atoms with Crippen LogP contribution in [0.3, 0.4) is 0 Å². The van der Waals surface area contributed by atoms with Crippen LogP contribution in [0.4, 0.5) is 0 Å². The fraction of sp³-hybridized carbons (Fsp3) is 0.724. The van der Waals surface area contributed by atoms with Crippen molar-refractivity contribution in [3.05, 3.63) is 23.3 Å². The summed E-state index contributed by atoms with van der Waals surface area (Å²) in [4.78, 5) is 4.43. The van der Waals surface area contributed by atoms with Crippen molar-refractivity contribution in [2.45, 2.75) is 85.7 Å². The summed E-state index contributed by atoms with van der Waals surface area (Å²) >= 11 is 14.8. The van der Waals surface area contributed by atoms with Gasteiger partial charge in [0.15, 0.2) is 0 Å². The van der Waals surface area contributed by atoms with Crippen molar-refractivity contribution < 1.29 is 9.47 Å². The molecule has 8 heteroatoms. The highest BCUT2D eigenvalue weighted by Gasteiger charge is 2.16. The Balaban J connectivity index is 3.02. The van der Waals surface area contributed by atoms with Crippen molar-refractivity contribution in [1.29, 1.82) is 0 Å². The van der Waals surface area contributed by atoms with E-state index in [2.05, 4.69) is 70.4 Å². The smallest absolute Gasteiger partial charge is 0.136 e. The molecule has 37 heavy (non-hydrogen) atoms. The van der Waals surface area contributed by atoms with Gasteiger partial charge in [-0.15, -0.1) is 0 Å². The van der Waals surface area contributed by atoms with Gasteiger partial charge >= 0.3 is 0 Å². The van der Waals surface area contributed by atoms with E-state index >= 15 is 0 Å². The molecule has 0 saturated heterocycles. The predicted molar refractivity (Wildman–Crippen MR) is 175 cm³/mol. The molecule has 0 amide bonds. The van der Waals surface area contributed by atoms with E-state index in [4.69, 9.17) is 33.9 Å². The zero-order chi connectivity index (χ0) is 27.8. The van der Waals surface area contributed by atoms with Crippen molar-refractivity contribution in [2.24, 2.45) is 11.8 Å². The first-order valence-corrected chi connectivity index (χ1v) is 16.6. The Morgan fingerprint density at radius 3 is 1.73 bits per heavy atom. The summed E-state index contributed by atoms with van der Waals surface area (Å²) in [5, 5.41) is 0. The van der Waals surface area contributed by atoms with Crippen molar-refractivity contribution >= 4 is 56.6 Å². The molecule has 0 heterocycles. The molecule has 0 saturated carbocycles. The van der Waals surface area contributed by atoms with Crippen molar-refractivity contribution in [1.82, 2.24) is 9.80 Å². The molecular formula is C29H50N2O2S4. The molecule has 0 aliphatic rings. The Morgan fingerprint density at radius 1 is 0.784 bits per heavy atom. The van der Waals surface area contributed by atoms with Crippen LogP contribution in [0.1, 0.15) is 85.3 Å². The third-order valence-corrected chi connectivity index (χ3v) is 9.70. The number of thiocarbonyl (C=S) groups is 2. The third kappa shape index (κ3) is 12.8. The summed E-state index contributed by atoms with van der Waals surface area (Å²) in [6.45, 7) is 19.9. The van der Waals surface area contributed by atoms with Crippen LogP contribution in [0.25, 0.3) is 0 Å². The van der Waals surface area contributed by atoms with Crippen LogP contribution >= 0.6 is 48.0 Å². The second-order valence-electron chi connectivity index (χ2n) is 9.79. The van der Waals surface area contributed by atoms with Crippen molar-refractivity contribution in [2.75, 3.05) is 39.9 Å². The standard InChI is InChI=1S/C29H50N2O2S4/c1-9-30(10-2)28(34)36-20-24-19-27(33-17-16-23(7)15-13-14-22(5)6)25(18-26(24)32-8)21-37-29(35)31(11-3)12-4/h18-19,22-23H,9-17,20-21H2,1-8H3. The Bertz CT molecular complexity index is 811. The third-order valence-electron chi connectivity index (χ3n) is 6.56.